The van der Waals surface area contributed by atoms with Crippen molar-refractivity contribution in [3.8, 4) is 0 Å². The van der Waals surface area contributed by atoms with Crippen molar-refractivity contribution in [3.05, 3.63) is 17.7 Å². The number of hydrogen-bond acceptors (Lipinski definition) is 1. The number of hydrogen-bond donors (Lipinski definition) is 1. The Hall–Kier alpha value is -0.310. The molecule has 1 aromatic heterocycles. The number of imidazole rings is 1. The van der Waals surface area contributed by atoms with Gasteiger partial charge in [-0.2, -0.15) is 0 Å². The molecule has 0 aliphatic heterocycles. The highest BCUT2D eigenvalue weighted by Crippen LogP contribution is 2.00. The third-order valence-electron chi connectivity index (χ3n) is 1.34. The van der Waals surface area contributed by atoms with Crippen LogP contribution < -0.4 is 0 Å². The smallest absolute Gasteiger partial charge is 0.103 e. The number of nitrogens with one attached hydrogen (secondary N) is 1. The van der Waals surface area contributed by atoms with Crippen molar-refractivity contribution in [2.45, 2.75) is 19.8 Å². The lowest BCUT2D eigenvalue weighted by atomic mass is 10.3. The highest BCUT2D eigenvalue weighted by molar-refractivity contribution is 9.09. The van der Waals surface area contributed by atoms with E-state index in [9.17, 15) is 0 Å². The number of aryl methyl sites for hydroxylation is 2. The highest BCUT2D eigenvalue weighted by atomic mass is 79.9. The van der Waals surface area contributed by atoms with Gasteiger partial charge in [0, 0.05) is 17.2 Å². The van der Waals surface area contributed by atoms with Gasteiger partial charge < -0.3 is 4.98 Å². The molecular weight excluding hydrogens is 192 g/mol. The van der Waals surface area contributed by atoms with E-state index in [-0.39, 0.29) is 0 Å². The first kappa shape index (κ1) is 7.79. The molecule has 0 radical (unpaired) electrons. The fourth-order valence-electron chi connectivity index (χ4n) is 0.856. The molecule has 0 amide bonds. The molecule has 0 bridgehead atoms. The van der Waals surface area contributed by atoms with E-state index in [0.717, 1.165) is 17.6 Å². The van der Waals surface area contributed by atoms with Crippen LogP contribution in [-0.4, -0.2) is 15.3 Å². The van der Waals surface area contributed by atoms with Crippen LogP contribution in [-0.2, 0) is 6.42 Å². The van der Waals surface area contributed by atoms with Crippen LogP contribution in [0.25, 0.3) is 0 Å². The molecule has 0 aliphatic carbocycles. The Kier molecular flexibility index (Phi) is 2.93. The number of halogens is 1. The Morgan fingerprint density at radius 2 is 2.50 bits per heavy atom. The minimum atomic E-state index is 1.00. The van der Waals surface area contributed by atoms with Gasteiger partial charge in [0.1, 0.15) is 5.82 Å². The molecule has 2 nitrogen and oxygen atoms in total. The quantitative estimate of drug-likeness (QED) is 0.748. The molecule has 0 atom stereocenters. The van der Waals surface area contributed by atoms with E-state index in [4.69, 9.17) is 0 Å². The van der Waals surface area contributed by atoms with Gasteiger partial charge in [-0.05, 0) is 19.8 Å². The zero-order valence-electron chi connectivity index (χ0n) is 6.02. The van der Waals surface area contributed by atoms with Crippen LogP contribution in [0.3, 0.4) is 0 Å². The summed E-state index contributed by atoms with van der Waals surface area (Å²) in [6.45, 7) is 1.97. The van der Waals surface area contributed by atoms with Crippen molar-refractivity contribution in [1.29, 1.82) is 0 Å². The standard InChI is InChI=1S/C7H11BrN2/c1-6-9-5-7(10-6)3-2-4-8/h5H,2-4H2,1H3,(H,9,10). The van der Waals surface area contributed by atoms with Gasteiger partial charge in [-0.15, -0.1) is 0 Å². The maximum Gasteiger partial charge on any atom is 0.103 e. The summed E-state index contributed by atoms with van der Waals surface area (Å²) >= 11 is 3.38. The second-order valence-electron chi connectivity index (χ2n) is 2.29. The number of aromatic nitrogens is 2. The minimum absolute atomic E-state index is 1.00. The van der Waals surface area contributed by atoms with Crippen LogP contribution in [0.2, 0.25) is 0 Å². The maximum absolute atomic E-state index is 4.10. The molecule has 0 saturated heterocycles. The van der Waals surface area contributed by atoms with Crippen molar-refractivity contribution in [2.75, 3.05) is 5.33 Å². The number of aromatic amines is 1. The summed E-state index contributed by atoms with van der Waals surface area (Å²) < 4.78 is 0. The summed E-state index contributed by atoms with van der Waals surface area (Å²) in [5, 5.41) is 1.06. The van der Waals surface area contributed by atoms with Gasteiger partial charge in [0.25, 0.3) is 0 Å². The summed E-state index contributed by atoms with van der Waals surface area (Å²) in [5.41, 5.74) is 1.23. The van der Waals surface area contributed by atoms with E-state index in [0.29, 0.717) is 0 Å². The van der Waals surface area contributed by atoms with Gasteiger partial charge in [-0.1, -0.05) is 15.9 Å². The molecule has 0 aromatic carbocycles. The van der Waals surface area contributed by atoms with Crippen LogP contribution in [0.5, 0.6) is 0 Å². The van der Waals surface area contributed by atoms with Crippen LogP contribution in [0, 0.1) is 6.92 Å². The fraction of sp³-hybridized carbons (Fsp3) is 0.571. The predicted octanol–water partition coefficient (Wildman–Crippen LogP) is 2.05. The zero-order valence-corrected chi connectivity index (χ0v) is 7.61. The molecular formula is C7H11BrN2. The second kappa shape index (κ2) is 3.76. The van der Waals surface area contributed by atoms with Crippen LogP contribution in [0.4, 0.5) is 0 Å². The van der Waals surface area contributed by atoms with Gasteiger partial charge in [-0.25, -0.2) is 4.98 Å². The number of alkyl halides is 1. The van der Waals surface area contributed by atoms with Gasteiger partial charge in [-0.3, -0.25) is 0 Å². The van der Waals surface area contributed by atoms with Crippen LogP contribution in [0.1, 0.15) is 17.9 Å². The molecule has 1 aromatic rings. The third-order valence-corrected chi connectivity index (χ3v) is 1.90. The number of rotatable bonds is 3. The molecule has 3 heteroatoms. The SMILES string of the molecule is Cc1ncc(CCCBr)[nH]1. The topological polar surface area (TPSA) is 28.7 Å². The molecule has 0 spiro atoms. The van der Waals surface area contributed by atoms with E-state index in [1.165, 1.54) is 12.1 Å². The Balaban J connectivity index is 2.42. The predicted molar refractivity (Wildman–Crippen MR) is 45.4 cm³/mol. The first-order valence-corrected chi connectivity index (χ1v) is 4.51. The lowest BCUT2D eigenvalue weighted by Crippen LogP contribution is -1.85. The Morgan fingerprint density at radius 1 is 1.70 bits per heavy atom. The molecule has 0 fully saturated rings. The van der Waals surface area contributed by atoms with E-state index in [1.54, 1.807) is 0 Å². The normalized spacial score (nSPS) is 10.2. The largest absolute Gasteiger partial charge is 0.346 e. The van der Waals surface area contributed by atoms with Gasteiger partial charge >= 0.3 is 0 Å². The first-order valence-electron chi connectivity index (χ1n) is 3.39. The summed E-state index contributed by atoms with van der Waals surface area (Å²) in [5.74, 6) is 1.00. The number of H-pyrrole nitrogens is 1. The van der Waals surface area contributed by atoms with Crippen LogP contribution in [0.15, 0.2) is 6.20 Å². The van der Waals surface area contributed by atoms with E-state index in [2.05, 4.69) is 25.9 Å². The molecule has 0 saturated carbocycles. The minimum Gasteiger partial charge on any atom is -0.346 e. The lowest BCUT2D eigenvalue weighted by Gasteiger charge is -1.90. The molecule has 0 aliphatic rings. The third kappa shape index (κ3) is 2.14. The van der Waals surface area contributed by atoms with Crippen LogP contribution >= 0.6 is 15.9 Å². The summed E-state index contributed by atoms with van der Waals surface area (Å²) in [4.78, 5) is 7.28. The molecule has 0 unspecified atom stereocenters. The van der Waals surface area contributed by atoms with Crippen molar-refractivity contribution in [1.82, 2.24) is 9.97 Å². The maximum atomic E-state index is 4.10. The molecule has 56 valence electrons. The van der Waals surface area contributed by atoms with Crippen molar-refractivity contribution >= 4 is 15.9 Å². The average molecular weight is 203 g/mol. The van der Waals surface area contributed by atoms with Crippen molar-refractivity contribution in [2.24, 2.45) is 0 Å². The Labute approximate surface area is 69.2 Å². The summed E-state index contributed by atoms with van der Waals surface area (Å²) in [7, 11) is 0. The number of nitrogens with zero attached hydrogens (tertiary/aromatic N) is 1. The average Bonchev–Trinajstić information content (AvgIpc) is 2.31. The van der Waals surface area contributed by atoms with E-state index < -0.39 is 0 Å². The molecule has 1 rings (SSSR count). The van der Waals surface area contributed by atoms with Gasteiger partial charge in [0.05, 0.1) is 0 Å². The first-order chi connectivity index (χ1) is 4.83. The molecule has 10 heavy (non-hydrogen) atoms. The zero-order chi connectivity index (χ0) is 7.40. The lowest BCUT2D eigenvalue weighted by molar-refractivity contribution is 0.902. The summed E-state index contributed by atoms with van der Waals surface area (Å²) in [6.07, 6.45) is 4.16. The molecule has 1 N–H and O–H groups in total. The van der Waals surface area contributed by atoms with Gasteiger partial charge in [0.15, 0.2) is 0 Å². The van der Waals surface area contributed by atoms with E-state index >= 15 is 0 Å². The van der Waals surface area contributed by atoms with Crippen molar-refractivity contribution < 1.29 is 0 Å². The van der Waals surface area contributed by atoms with E-state index in [1.807, 2.05) is 13.1 Å². The Bertz CT molecular complexity index is 195. The monoisotopic (exact) mass is 202 g/mol. The Morgan fingerprint density at radius 3 is 3.00 bits per heavy atom. The summed E-state index contributed by atoms with van der Waals surface area (Å²) in [6, 6.07) is 0. The van der Waals surface area contributed by atoms with Crippen molar-refractivity contribution in [3.63, 3.8) is 0 Å². The highest BCUT2D eigenvalue weighted by Gasteiger charge is 1.94. The fourth-order valence-corrected chi connectivity index (χ4v) is 1.14. The van der Waals surface area contributed by atoms with Gasteiger partial charge in [0.2, 0.25) is 0 Å². The molecule has 1 heterocycles. The second-order valence-corrected chi connectivity index (χ2v) is 3.08.